The van der Waals surface area contributed by atoms with E-state index >= 15 is 0 Å². The number of carboxylic acid groups (broad SMARTS) is 1. The van der Waals surface area contributed by atoms with Crippen molar-refractivity contribution in [2.24, 2.45) is 7.05 Å². The van der Waals surface area contributed by atoms with Crippen molar-refractivity contribution in [3.8, 4) is 11.1 Å². The second-order valence-electron chi connectivity index (χ2n) is 4.34. The van der Waals surface area contributed by atoms with E-state index in [2.05, 4.69) is 10.1 Å². The van der Waals surface area contributed by atoms with Gasteiger partial charge in [-0.05, 0) is 29.3 Å². The topological polar surface area (TPSA) is 68.0 Å². The Hall–Kier alpha value is -2.76. The molecule has 0 atom stereocenters. The number of halogens is 1. The number of aromatic nitrogens is 3. The number of carboxylic acids is 1. The van der Waals surface area contributed by atoms with E-state index in [9.17, 15) is 14.3 Å². The van der Waals surface area contributed by atoms with Crippen LogP contribution >= 0.6 is 0 Å². The van der Waals surface area contributed by atoms with Gasteiger partial charge in [-0.3, -0.25) is 0 Å². The minimum atomic E-state index is -1.12. The average molecular weight is 271 g/mol. The van der Waals surface area contributed by atoms with Crippen LogP contribution in [-0.4, -0.2) is 25.8 Å². The molecule has 0 aliphatic heterocycles. The third kappa shape index (κ3) is 1.82. The predicted octanol–water partition coefficient (Wildman–Crippen LogP) is 2.47. The zero-order valence-electron chi connectivity index (χ0n) is 10.5. The minimum Gasteiger partial charge on any atom is -0.476 e. The van der Waals surface area contributed by atoms with Gasteiger partial charge in [-0.1, -0.05) is 12.1 Å². The highest BCUT2D eigenvalue weighted by Gasteiger charge is 2.19. The van der Waals surface area contributed by atoms with Crippen molar-refractivity contribution in [2.45, 2.75) is 0 Å². The van der Waals surface area contributed by atoms with Gasteiger partial charge in [0.15, 0.2) is 11.3 Å². The van der Waals surface area contributed by atoms with Crippen LogP contribution < -0.4 is 0 Å². The fraction of sp³-hybridized carbons (Fsp3) is 0.0714. The summed E-state index contributed by atoms with van der Waals surface area (Å²) in [6, 6.07) is 7.56. The van der Waals surface area contributed by atoms with Crippen molar-refractivity contribution in [1.82, 2.24) is 14.8 Å². The number of pyridine rings is 1. The standard InChI is InChI=1S/C14H10FN3O2/c1-18-13-11(12(17-18)14(19)20)10(6-7-16-13)8-2-4-9(15)5-3-8/h2-7H,1H3,(H,19,20). The normalized spacial score (nSPS) is 10.9. The third-order valence-corrected chi connectivity index (χ3v) is 3.08. The van der Waals surface area contributed by atoms with E-state index in [1.807, 2.05) is 0 Å². The largest absolute Gasteiger partial charge is 0.476 e. The Morgan fingerprint density at radius 3 is 2.60 bits per heavy atom. The molecule has 0 radical (unpaired) electrons. The van der Waals surface area contributed by atoms with Gasteiger partial charge in [0.25, 0.3) is 0 Å². The van der Waals surface area contributed by atoms with Crippen molar-refractivity contribution in [3.05, 3.63) is 48.0 Å². The first-order chi connectivity index (χ1) is 9.58. The van der Waals surface area contributed by atoms with Crippen molar-refractivity contribution < 1.29 is 14.3 Å². The van der Waals surface area contributed by atoms with Gasteiger partial charge in [-0.25, -0.2) is 18.9 Å². The fourth-order valence-corrected chi connectivity index (χ4v) is 2.20. The van der Waals surface area contributed by atoms with E-state index in [1.165, 1.54) is 16.8 Å². The van der Waals surface area contributed by atoms with Crippen LogP contribution in [-0.2, 0) is 7.05 Å². The molecule has 2 heterocycles. The maximum atomic E-state index is 13.0. The van der Waals surface area contributed by atoms with E-state index in [0.717, 1.165) is 0 Å². The molecule has 0 bridgehead atoms. The summed E-state index contributed by atoms with van der Waals surface area (Å²) in [4.78, 5) is 15.5. The molecule has 100 valence electrons. The zero-order valence-corrected chi connectivity index (χ0v) is 10.5. The molecule has 0 aliphatic carbocycles. The highest BCUT2D eigenvalue weighted by atomic mass is 19.1. The molecule has 3 rings (SSSR count). The van der Waals surface area contributed by atoms with Crippen molar-refractivity contribution in [2.75, 3.05) is 0 Å². The second kappa shape index (κ2) is 4.41. The minimum absolute atomic E-state index is 0.0603. The molecule has 6 heteroatoms. The number of benzene rings is 1. The van der Waals surface area contributed by atoms with E-state index in [1.54, 1.807) is 31.4 Å². The van der Waals surface area contributed by atoms with Crippen molar-refractivity contribution >= 4 is 17.0 Å². The van der Waals surface area contributed by atoms with Gasteiger partial charge < -0.3 is 5.11 Å². The van der Waals surface area contributed by atoms with Gasteiger partial charge in [0.05, 0.1) is 5.39 Å². The lowest BCUT2D eigenvalue weighted by atomic mass is 10.0. The molecular weight excluding hydrogens is 261 g/mol. The number of carbonyl (C=O) groups is 1. The van der Waals surface area contributed by atoms with Crippen molar-refractivity contribution in [3.63, 3.8) is 0 Å². The van der Waals surface area contributed by atoms with Gasteiger partial charge in [0.1, 0.15) is 5.82 Å². The number of hydrogen-bond donors (Lipinski definition) is 1. The molecule has 20 heavy (non-hydrogen) atoms. The van der Waals surface area contributed by atoms with Crippen LogP contribution in [0.5, 0.6) is 0 Å². The molecule has 0 amide bonds. The van der Waals surface area contributed by atoms with Crippen LogP contribution in [0.25, 0.3) is 22.2 Å². The lowest BCUT2D eigenvalue weighted by molar-refractivity contribution is 0.0691. The summed E-state index contributed by atoms with van der Waals surface area (Å²) in [5.74, 6) is -1.46. The highest BCUT2D eigenvalue weighted by molar-refractivity contribution is 6.06. The Morgan fingerprint density at radius 1 is 1.25 bits per heavy atom. The third-order valence-electron chi connectivity index (χ3n) is 3.08. The summed E-state index contributed by atoms with van der Waals surface area (Å²) in [6.45, 7) is 0. The number of aromatic carboxylic acids is 1. The van der Waals surface area contributed by atoms with Gasteiger partial charge in [-0.15, -0.1) is 0 Å². The molecule has 0 fully saturated rings. The summed E-state index contributed by atoms with van der Waals surface area (Å²) in [7, 11) is 1.64. The first-order valence-corrected chi connectivity index (χ1v) is 5.89. The molecular formula is C14H10FN3O2. The van der Waals surface area contributed by atoms with Crippen LogP contribution in [0.2, 0.25) is 0 Å². The quantitative estimate of drug-likeness (QED) is 0.777. The zero-order chi connectivity index (χ0) is 14.3. The lowest BCUT2D eigenvalue weighted by Crippen LogP contribution is -1.99. The molecule has 2 aromatic heterocycles. The van der Waals surface area contributed by atoms with Gasteiger partial charge >= 0.3 is 5.97 Å². The fourth-order valence-electron chi connectivity index (χ4n) is 2.20. The molecule has 3 aromatic rings. The predicted molar refractivity (Wildman–Crippen MR) is 70.9 cm³/mol. The summed E-state index contributed by atoms with van der Waals surface area (Å²) in [5, 5.41) is 13.7. The number of hydrogen-bond acceptors (Lipinski definition) is 3. The average Bonchev–Trinajstić information content (AvgIpc) is 2.78. The molecule has 1 aromatic carbocycles. The van der Waals surface area contributed by atoms with Crippen LogP contribution in [0.3, 0.4) is 0 Å². The van der Waals surface area contributed by atoms with Crippen LogP contribution in [0.1, 0.15) is 10.5 Å². The smallest absolute Gasteiger partial charge is 0.357 e. The summed E-state index contributed by atoms with van der Waals surface area (Å²) < 4.78 is 14.4. The molecule has 0 saturated carbocycles. The SMILES string of the molecule is Cn1nc(C(=O)O)c2c(-c3ccc(F)cc3)ccnc21. The summed E-state index contributed by atoms with van der Waals surface area (Å²) in [6.07, 6.45) is 1.58. The Kier molecular flexibility index (Phi) is 2.71. The van der Waals surface area contributed by atoms with Crippen LogP contribution in [0.4, 0.5) is 4.39 Å². The molecule has 0 unspecified atom stereocenters. The Bertz CT molecular complexity index is 809. The van der Waals surface area contributed by atoms with E-state index in [4.69, 9.17) is 0 Å². The monoisotopic (exact) mass is 271 g/mol. The molecule has 0 spiro atoms. The lowest BCUT2D eigenvalue weighted by Gasteiger charge is -2.04. The van der Waals surface area contributed by atoms with Gasteiger partial charge in [-0.2, -0.15) is 5.10 Å². The van der Waals surface area contributed by atoms with Crippen molar-refractivity contribution in [1.29, 1.82) is 0 Å². The Morgan fingerprint density at radius 2 is 1.95 bits per heavy atom. The van der Waals surface area contributed by atoms with Crippen LogP contribution in [0, 0.1) is 5.82 Å². The first kappa shape index (κ1) is 12.3. The summed E-state index contributed by atoms with van der Waals surface area (Å²) in [5.41, 5.74) is 1.80. The number of aryl methyl sites for hydroxylation is 1. The molecule has 0 aliphatic rings. The van der Waals surface area contributed by atoms with Gasteiger partial charge in [0, 0.05) is 13.2 Å². The molecule has 0 saturated heterocycles. The summed E-state index contributed by atoms with van der Waals surface area (Å²) >= 11 is 0. The Balaban J connectivity index is 2.35. The van der Waals surface area contributed by atoms with E-state index in [-0.39, 0.29) is 11.5 Å². The Labute approximate surface area is 113 Å². The number of nitrogens with zero attached hydrogens (tertiary/aromatic N) is 3. The maximum Gasteiger partial charge on any atom is 0.357 e. The number of rotatable bonds is 2. The molecule has 1 N–H and O–H groups in total. The van der Waals surface area contributed by atoms with Crippen LogP contribution in [0.15, 0.2) is 36.5 Å². The van der Waals surface area contributed by atoms with E-state index in [0.29, 0.717) is 22.2 Å². The van der Waals surface area contributed by atoms with E-state index < -0.39 is 5.97 Å². The maximum absolute atomic E-state index is 13.0. The first-order valence-electron chi connectivity index (χ1n) is 5.89. The van der Waals surface area contributed by atoms with Gasteiger partial charge in [0.2, 0.25) is 0 Å². The number of fused-ring (bicyclic) bond motifs is 1. The second-order valence-corrected chi connectivity index (χ2v) is 4.34. The highest BCUT2D eigenvalue weighted by Crippen LogP contribution is 2.29. The molecule has 5 nitrogen and oxygen atoms in total.